The Bertz CT molecular complexity index is 2250. The second kappa shape index (κ2) is 16.7. The van der Waals surface area contributed by atoms with Gasteiger partial charge in [-0.25, -0.2) is 0 Å². The number of fused-ring (bicyclic) bond motifs is 2. The maximum Gasteiger partial charge on any atom is 0.322 e. The highest BCUT2D eigenvalue weighted by Gasteiger charge is 2.28. The van der Waals surface area contributed by atoms with E-state index >= 15 is 0 Å². The molecule has 0 spiro atoms. The molecule has 0 saturated heterocycles. The molecule has 0 bridgehead atoms. The molecule has 0 aliphatic heterocycles. The van der Waals surface area contributed by atoms with E-state index in [1.54, 1.807) is 42.5 Å². The molecule has 0 fully saturated rings. The van der Waals surface area contributed by atoms with E-state index in [0.29, 0.717) is 23.1 Å². The third-order valence-corrected chi connectivity index (χ3v) is 8.78. The van der Waals surface area contributed by atoms with E-state index in [4.69, 9.17) is 5.11 Å². The molecule has 4 amide bonds. The molecule has 2 atom stereocenters. The molecule has 1 heterocycles. The Morgan fingerprint density at radius 3 is 2.11 bits per heavy atom. The molecule has 6 N–H and O–H groups in total. The lowest BCUT2D eigenvalue weighted by atomic mass is 9.99. The van der Waals surface area contributed by atoms with Crippen molar-refractivity contribution < 1.29 is 34.2 Å². The van der Waals surface area contributed by atoms with E-state index in [9.17, 15) is 33.9 Å². The molecule has 0 unspecified atom stereocenters. The van der Waals surface area contributed by atoms with Gasteiger partial charge in [-0.15, -0.1) is 0 Å². The zero-order valence-electron chi connectivity index (χ0n) is 29.5. The third-order valence-electron chi connectivity index (χ3n) is 8.78. The Kier molecular flexibility index (Phi) is 11.9. The molecule has 274 valence electrons. The third kappa shape index (κ3) is 9.25. The number of nitrogens with zero attached hydrogens (tertiary/aromatic N) is 1. The van der Waals surface area contributed by atoms with Crippen LogP contribution < -0.4 is 26.8 Å². The van der Waals surface area contributed by atoms with E-state index < -0.39 is 65.1 Å². The molecule has 4 aromatic carbocycles. The number of amides is 4. The number of carbonyl (C=O) groups excluding carboxylic acids is 4. The van der Waals surface area contributed by atoms with Crippen molar-refractivity contribution in [3.05, 3.63) is 124 Å². The van der Waals surface area contributed by atoms with Crippen LogP contribution in [-0.2, 0) is 34.4 Å². The van der Waals surface area contributed by atoms with E-state index in [-0.39, 0.29) is 24.3 Å². The van der Waals surface area contributed by atoms with Gasteiger partial charge in [0, 0.05) is 31.0 Å². The van der Waals surface area contributed by atoms with Crippen molar-refractivity contribution in [2.75, 3.05) is 6.54 Å². The molecular weight excluding hydrogens is 678 g/mol. The van der Waals surface area contributed by atoms with Crippen molar-refractivity contribution in [2.24, 2.45) is 13.0 Å². The van der Waals surface area contributed by atoms with Gasteiger partial charge in [0.25, 0.3) is 17.4 Å². The zero-order chi connectivity index (χ0) is 38.2. The topological polar surface area (TPSA) is 196 Å². The Morgan fingerprint density at radius 2 is 1.42 bits per heavy atom. The number of aliphatic carboxylic acids is 1. The molecule has 53 heavy (non-hydrogen) atoms. The highest BCUT2D eigenvalue weighted by Crippen LogP contribution is 2.27. The van der Waals surface area contributed by atoms with E-state index in [0.717, 1.165) is 20.9 Å². The Labute approximate surface area is 305 Å². The molecular formula is C40H41N5O8. The summed E-state index contributed by atoms with van der Waals surface area (Å²) >= 11 is 0. The van der Waals surface area contributed by atoms with E-state index in [2.05, 4.69) is 21.3 Å². The maximum atomic E-state index is 13.9. The summed E-state index contributed by atoms with van der Waals surface area (Å²) < 4.78 is 1.16. The molecule has 0 aliphatic carbocycles. The molecule has 0 radical (unpaired) electrons. The number of aryl methyl sites for hydroxylation is 1. The molecule has 0 aliphatic rings. The van der Waals surface area contributed by atoms with Crippen molar-refractivity contribution in [3.8, 4) is 5.75 Å². The number of carboxylic acids is 1. The van der Waals surface area contributed by atoms with Gasteiger partial charge < -0.3 is 36.0 Å². The highest BCUT2D eigenvalue weighted by molar-refractivity contribution is 6.03. The first kappa shape index (κ1) is 37.7. The molecule has 5 aromatic rings. The lowest BCUT2D eigenvalue weighted by Gasteiger charge is -2.24. The number of hydrogen-bond acceptors (Lipinski definition) is 7. The molecule has 0 saturated carbocycles. The van der Waals surface area contributed by atoms with Gasteiger partial charge >= 0.3 is 5.97 Å². The molecule has 13 heteroatoms. The number of aromatic nitrogens is 1. The predicted molar refractivity (Wildman–Crippen MR) is 199 cm³/mol. The van der Waals surface area contributed by atoms with Crippen LogP contribution >= 0.6 is 0 Å². The minimum Gasteiger partial charge on any atom is -0.506 e. The lowest BCUT2D eigenvalue weighted by Crippen LogP contribution is -2.54. The molecule has 1 aromatic heterocycles. The van der Waals surface area contributed by atoms with Gasteiger partial charge in [-0.05, 0) is 58.5 Å². The van der Waals surface area contributed by atoms with Gasteiger partial charge in [0.15, 0.2) is 0 Å². The first-order valence-electron chi connectivity index (χ1n) is 17.1. The fourth-order valence-electron chi connectivity index (χ4n) is 6.07. The Balaban J connectivity index is 1.35. The standard InChI is InChI=1S/C40H41N5O8/c1-23(2)17-30(37(50)41-21-25-14-16-32-29(19-25)35(48)34(40(53)45(32)3)39(52)42-22-33(46)47)44-38(51)31(43-36(49)27-10-5-4-6-11-27)20-24-13-15-26-9-7-8-12-28(26)18-24/h4-16,18-19,23,30-31,48H,17,20-22H2,1-3H3,(H,41,50)(H,42,52)(H,43,49)(H,44,51)(H,46,47)/t30-,31-/m0/s1. The minimum absolute atomic E-state index is 0.00787. The van der Waals surface area contributed by atoms with Crippen LogP contribution in [0.1, 0.15) is 52.1 Å². The number of nitrogens with one attached hydrogen (secondary N) is 4. The first-order valence-corrected chi connectivity index (χ1v) is 17.1. The van der Waals surface area contributed by atoms with Crippen LogP contribution in [-0.4, -0.2) is 63.0 Å². The van der Waals surface area contributed by atoms with Gasteiger partial charge in [-0.1, -0.05) is 80.6 Å². The van der Waals surface area contributed by atoms with Crippen molar-refractivity contribution in [3.63, 3.8) is 0 Å². The van der Waals surface area contributed by atoms with Crippen molar-refractivity contribution >= 4 is 51.3 Å². The summed E-state index contributed by atoms with van der Waals surface area (Å²) in [5.74, 6) is -4.43. The minimum atomic E-state index is -1.32. The van der Waals surface area contributed by atoms with E-state index in [1.807, 2.05) is 56.3 Å². The summed E-state index contributed by atoms with van der Waals surface area (Å²) in [5, 5.41) is 32.6. The average Bonchev–Trinajstić information content (AvgIpc) is 3.14. The van der Waals surface area contributed by atoms with E-state index in [1.165, 1.54) is 13.1 Å². The van der Waals surface area contributed by atoms with Gasteiger partial charge in [0.1, 0.15) is 29.9 Å². The van der Waals surface area contributed by atoms with Crippen LogP contribution in [0.5, 0.6) is 5.75 Å². The monoisotopic (exact) mass is 719 g/mol. The van der Waals surface area contributed by atoms with Crippen molar-refractivity contribution in [1.29, 1.82) is 0 Å². The summed E-state index contributed by atoms with van der Waals surface area (Å²) in [5.41, 5.74) is 0.592. The van der Waals surface area contributed by atoms with Crippen LogP contribution in [0.4, 0.5) is 0 Å². The number of pyridine rings is 1. The number of benzene rings is 4. The first-order chi connectivity index (χ1) is 25.3. The fourth-order valence-corrected chi connectivity index (χ4v) is 6.07. The van der Waals surface area contributed by atoms with Gasteiger partial charge in [-0.3, -0.25) is 28.8 Å². The van der Waals surface area contributed by atoms with Gasteiger partial charge in [-0.2, -0.15) is 0 Å². The number of hydrogen-bond donors (Lipinski definition) is 6. The number of aromatic hydroxyl groups is 1. The smallest absolute Gasteiger partial charge is 0.322 e. The van der Waals surface area contributed by atoms with Gasteiger partial charge in [0.05, 0.1) is 5.52 Å². The van der Waals surface area contributed by atoms with Crippen LogP contribution in [0.2, 0.25) is 0 Å². The summed E-state index contributed by atoms with van der Waals surface area (Å²) in [4.78, 5) is 77.2. The quantitative estimate of drug-likeness (QED) is 0.100. The summed E-state index contributed by atoms with van der Waals surface area (Å²) in [6, 6.07) is 24.9. The Hall–Kier alpha value is -6.50. The van der Waals surface area contributed by atoms with Crippen LogP contribution in [0.3, 0.4) is 0 Å². The Morgan fingerprint density at radius 1 is 0.736 bits per heavy atom. The van der Waals surface area contributed by atoms with Crippen LogP contribution in [0.25, 0.3) is 21.7 Å². The SMILES string of the molecule is CC(C)C[C@H](NC(=O)[C@H](Cc1ccc2ccccc2c1)NC(=O)c1ccccc1)C(=O)NCc1ccc2c(c1)c(O)c(C(=O)NCC(=O)O)c(=O)n2C. The van der Waals surface area contributed by atoms with Crippen LogP contribution in [0, 0.1) is 5.92 Å². The van der Waals surface area contributed by atoms with Gasteiger partial charge in [0.2, 0.25) is 11.8 Å². The average molecular weight is 720 g/mol. The number of carboxylic acid groups (broad SMARTS) is 1. The number of rotatable bonds is 14. The fraction of sp³-hybridized carbons (Fsp3) is 0.250. The molecule has 5 rings (SSSR count). The predicted octanol–water partition coefficient (Wildman–Crippen LogP) is 3.40. The summed E-state index contributed by atoms with van der Waals surface area (Å²) in [6.45, 7) is 3.05. The van der Waals surface area contributed by atoms with Crippen molar-refractivity contribution in [1.82, 2.24) is 25.8 Å². The molecule has 13 nitrogen and oxygen atoms in total. The zero-order valence-corrected chi connectivity index (χ0v) is 29.5. The van der Waals surface area contributed by atoms with Crippen LogP contribution in [0.15, 0.2) is 95.8 Å². The highest BCUT2D eigenvalue weighted by atomic mass is 16.4. The largest absolute Gasteiger partial charge is 0.506 e. The maximum absolute atomic E-state index is 13.9. The summed E-state index contributed by atoms with van der Waals surface area (Å²) in [7, 11) is 1.41. The second-order valence-corrected chi connectivity index (χ2v) is 13.2. The van der Waals surface area contributed by atoms with Crippen molar-refractivity contribution in [2.45, 2.75) is 45.3 Å². The number of carbonyl (C=O) groups is 5. The second-order valence-electron chi connectivity index (χ2n) is 13.2. The normalized spacial score (nSPS) is 12.2. The lowest BCUT2D eigenvalue weighted by molar-refractivity contribution is -0.135. The summed E-state index contributed by atoms with van der Waals surface area (Å²) in [6.07, 6.45) is 0.465.